The minimum Gasteiger partial charge on any atom is -0.497 e. The van der Waals surface area contributed by atoms with Crippen LogP contribution in [0.25, 0.3) is 0 Å². The Morgan fingerprint density at radius 2 is 1.48 bits per heavy atom. The lowest BCUT2D eigenvalue weighted by Gasteiger charge is -2.28. The zero-order valence-electron chi connectivity index (χ0n) is 17.6. The largest absolute Gasteiger partial charge is 0.497 e. The fraction of sp³-hybridized carbons (Fsp3) is 0.174. The van der Waals surface area contributed by atoms with Crippen LogP contribution in [0.2, 0.25) is 0 Å². The lowest BCUT2D eigenvalue weighted by atomic mass is 10.2. The summed E-state index contributed by atoms with van der Waals surface area (Å²) in [6, 6.07) is 21.8. The third-order valence-electron chi connectivity index (χ3n) is 4.78. The van der Waals surface area contributed by atoms with Crippen LogP contribution in [0.3, 0.4) is 0 Å². The number of para-hydroxylation sites is 1. The van der Waals surface area contributed by atoms with E-state index in [9.17, 15) is 13.2 Å². The van der Waals surface area contributed by atoms with Crippen LogP contribution in [0.15, 0.2) is 83.8 Å². The van der Waals surface area contributed by atoms with Crippen LogP contribution in [-0.2, 0) is 14.8 Å². The van der Waals surface area contributed by atoms with Gasteiger partial charge in [0, 0.05) is 18.8 Å². The van der Waals surface area contributed by atoms with Crippen LogP contribution in [0.5, 0.6) is 11.5 Å². The first kappa shape index (κ1) is 22.2. The number of likely N-dealkylation sites (N-methyl/N-ethyl adjacent to an activating group) is 1. The summed E-state index contributed by atoms with van der Waals surface area (Å²) in [5.74, 6) is 0.332. The topological polar surface area (TPSA) is 76.2 Å². The van der Waals surface area contributed by atoms with Gasteiger partial charge in [0.2, 0.25) is 5.91 Å². The molecule has 0 aromatic heterocycles. The average molecular weight is 441 g/mol. The summed E-state index contributed by atoms with van der Waals surface area (Å²) in [5, 5.41) is 0. The van der Waals surface area contributed by atoms with Gasteiger partial charge in [0.05, 0.1) is 24.8 Å². The Labute approximate surface area is 182 Å². The molecule has 0 fully saturated rings. The molecule has 0 aliphatic heterocycles. The summed E-state index contributed by atoms with van der Waals surface area (Å²) in [6.45, 7) is -0.424. The maximum absolute atomic E-state index is 13.6. The maximum Gasteiger partial charge on any atom is 0.264 e. The van der Waals surface area contributed by atoms with Gasteiger partial charge < -0.3 is 14.4 Å². The molecule has 0 aliphatic rings. The molecule has 0 saturated carbocycles. The van der Waals surface area contributed by atoms with E-state index in [0.717, 1.165) is 4.31 Å². The second kappa shape index (κ2) is 9.53. The third kappa shape index (κ3) is 4.80. The fourth-order valence-electron chi connectivity index (χ4n) is 3.04. The molecule has 0 bridgehead atoms. The molecule has 0 heterocycles. The van der Waals surface area contributed by atoms with Crippen LogP contribution in [0.1, 0.15) is 0 Å². The van der Waals surface area contributed by atoms with Gasteiger partial charge in [-0.05, 0) is 36.4 Å². The number of ether oxygens (including phenoxy) is 2. The predicted octanol–water partition coefficient (Wildman–Crippen LogP) is 3.56. The highest BCUT2D eigenvalue weighted by molar-refractivity contribution is 7.92. The number of benzene rings is 3. The van der Waals surface area contributed by atoms with Crippen LogP contribution < -0.4 is 18.7 Å². The Hall–Kier alpha value is -3.52. The summed E-state index contributed by atoms with van der Waals surface area (Å²) in [6.07, 6.45) is 0. The molecule has 3 aromatic carbocycles. The van der Waals surface area contributed by atoms with E-state index in [1.165, 1.54) is 37.3 Å². The highest BCUT2D eigenvalue weighted by Gasteiger charge is 2.31. The molecular formula is C23H24N2O5S. The molecule has 0 radical (unpaired) electrons. The van der Waals surface area contributed by atoms with Crippen molar-refractivity contribution in [3.63, 3.8) is 0 Å². The van der Waals surface area contributed by atoms with Gasteiger partial charge in [-0.25, -0.2) is 8.42 Å². The molecule has 0 spiro atoms. The molecule has 0 saturated heterocycles. The number of rotatable bonds is 8. The van der Waals surface area contributed by atoms with Gasteiger partial charge >= 0.3 is 0 Å². The van der Waals surface area contributed by atoms with Crippen molar-refractivity contribution in [1.82, 2.24) is 0 Å². The number of carbonyl (C=O) groups is 1. The Bertz CT molecular complexity index is 1140. The summed E-state index contributed by atoms with van der Waals surface area (Å²) >= 11 is 0. The number of hydrogen-bond donors (Lipinski definition) is 0. The predicted molar refractivity (Wildman–Crippen MR) is 120 cm³/mol. The summed E-state index contributed by atoms with van der Waals surface area (Å²) in [7, 11) is 0.456. The Balaban J connectivity index is 2.09. The molecule has 162 valence electrons. The van der Waals surface area contributed by atoms with E-state index in [0.29, 0.717) is 17.2 Å². The van der Waals surface area contributed by atoms with Gasteiger partial charge in [0.15, 0.2) is 0 Å². The van der Waals surface area contributed by atoms with E-state index in [1.54, 1.807) is 49.5 Å². The van der Waals surface area contributed by atoms with E-state index in [2.05, 4.69) is 0 Å². The minimum atomic E-state index is -4.07. The van der Waals surface area contributed by atoms with Crippen molar-refractivity contribution < 1.29 is 22.7 Å². The molecule has 0 unspecified atom stereocenters. The summed E-state index contributed by atoms with van der Waals surface area (Å²) < 4.78 is 38.8. The van der Waals surface area contributed by atoms with Gasteiger partial charge in [-0.15, -0.1) is 0 Å². The van der Waals surface area contributed by atoms with Gasteiger partial charge in [-0.2, -0.15) is 0 Å². The first-order chi connectivity index (χ1) is 14.9. The van der Waals surface area contributed by atoms with Gasteiger partial charge in [0.25, 0.3) is 10.0 Å². The number of anilines is 2. The molecule has 0 atom stereocenters. The number of methoxy groups -OCH3 is 2. The van der Waals surface area contributed by atoms with Gasteiger partial charge in [-0.1, -0.05) is 36.4 Å². The second-order valence-corrected chi connectivity index (χ2v) is 8.51. The fourth-order valence-corrected chi connectivity index (χ4v) is 4.47. The van der Waals surface area contributed by atoms with Crippen LogP contribution in [0, 0.1) is 0 Å². The lowest BCUT2D eigenvalue weighted by molar-refractivity contribution is -0.116. The Kier molecular flexibility index (Phi) is 6.81. The first-order valence-corrected chi connectivity index (χ1v) is 10.9. The van der Waals surface area contributed by atoms with Crippen molar-refractivity contribution in [2.45, 2.75) is 4.90 Å². The molecule has 3 rings (SSSR count). The van der Waals surface area contributed by atoms with E-state index in [-0.39, 0.29) is 10.6 Å². The van der Waals surface area contributed by atoms with E-state index in [1.807, 2.05) is 18.2 Å². The molecule has 0 aliphatic carbocycles. The summed E-state index contributed by atoms with van der Waals surface area (Å²) in [5.41, 5.74) is 0.864. The zero-order valence-corrected chi connectivity index (χ0v) is 18.4. The van der Waals surface area contributed by atoms with Gasteiger partial charge in [-0.3, -0.25) is 9.10 Å². The number of nitrogens with zero attached hydrogens (tertiary/aromatic N) is 2. The number of sulfonamides is 1. The molecule has 0 N–H and O–H groups in total. The average Bonchev–Trinajstić information content (AvgIpc) is 2.82. The molecule has 8 heteroatoms. The number of hydrogen-bond acceptors (Lipinski definition) is 5. The number of carbonyl (C=O) groups excluding carboxylic acids is 1. The Morgan fingerprint density at radius 1 is 0.871 bits per heavy atom. The molecule has 7 nitrogen and oxygen atoms in total. The maximum atomic E-state index is 13.6. The van der Waals surface area contributed by atoms with Crippen molar-refractivity contribution in [1.29, 1.82) is 0 Å². The lowest BCUT2D eigenvalue weighted by Crippen LogP contribution is -2.42. The molecule has 1 amide bonds. The molecule has 3 aromatic rings. The minimum absolute atomic E-state index is 0.0648. The standard InChI is InChI=1S/C23H24N2O5S/c1-24(18-10-6-4-7-11-18)23(26)17-25(31(27,28)20-12-8-5-9-13-20)21-16-19(29-2)14-15-22(21)30-3/h4-16H,17H2,1-3H3. The first-order valence-electron chi connectivity index (χ1n) is 9.50. The van der Waals surface area contributed by atoms with Crippen LogP contribution in [-0.4, -0.2) is 42.1 Å². The molecular weight excluding hydrogens is 416 g/mol. The van der Waals surface area contributed by atoms with Crippen LogP contribution >= 0.6 is 0 Å². The quantitative estimate of drug-likeness (QED) is 0.535. The smallest absolute Gasteiger partial charge is 0.264 e. The molecule has 31 heavy (non-hydrogen) atoms. The second-order valence-electron chi connectivity index (χ2n) is 6.65. The van der Waals surface area contributed by atoms with Gasteiger partial charge in [0.1, 0.15) is 18.0 Å². The zero-order chi connectivity index (χ0) is 22.4. The van der Waals surface area contributed by atoms with Crippen molar-refractivity contribution in [2.75, 3.05) is 37.0 Å². The van der Waals surface area contributed by atoms with E-state index >= 15 is 0 Å². The van der Waals surface area contributed by atoms with Crippen molar-refractivity contribution in [3.8, 4) is 11.5 Å². The van der Waals surface area contributed by atoms with Crippen LogP contribution in [0.4, 0.5) is 11.4 Å². The highest BCUT2D eigenvalue weighted by Crippen LogP contribution is 2.35. The monoisotopic (exact) mass is 440 g/mol. The third-order valence-corrected chi connectivity index (χ3v) is 6.56. The van der Waals surface area contributed by atoms with E-state index < -0.39 is 22.5 Å². The van der Waals surface area contributed by atoms with E-state index in [4.69, 9.17) is 9.47 Å². The Morgan fingerprint density at radius 3 is 2.06 bits per heavy atom. The normalized spacial score (nSPS) is 10.9. The highest BCUT2D eigenvalue weighted by atomic mass is 32.2. The van der Waals surface area contributed by atoms with Crippen molar-refractivity contribution >= 4 is 27.3 Å². The van der Waals surface area contributed by atoms with Crippen molar-refractivity contribution in [2.24, 2.45) is 0 Å². The SMILES string of the molecule is COc1ccc(OC)c(N(CC(=O)N(C)c2ccccc2)S(=O)(=O)c2ccccc2)c1. The number of amides is 1. The summed E-state index contributed by atoms with van der Waals surface area (Å²) in [4.78, 5) is 14.6. The van der Waals surface area contributed by atoms with Crippen molar-refractivity contribution in [3.05, 3.63) is 78.9 Å².